The molecule has 3 heterocycles. The minimum absolute atomic E-state index is 0.0399. The Hall–Kier alpha value is -3.54. The lowest BCUT2D eigenvalue weighted by atomic mass is 10.1. The molecule has 0 spiro atoms. The first kappa shape index (κ1) is 21.7. The van der Waals surface area contributed by atoms with Crippen LogP contribution < -0.4 is 20.7 Å². The smallest absolute Gasteiger partial charge is 0.406 e. The van der Waals surface area contributed by atoms with Crippen molar-refractivity contribution >= 4 is 28.5 Å². The van der Waals surface area contributed by atoms with Crippen molar-refractivity contribution < 1.29 is 27.1 Å². The summed E-state index contributed by atoms with van der Waals surface area (Å²) in [6.07, 6.45) is -3.30. The van der Waals surface area contributed by atoms with E-state index in [1.165, 1.54) is 24.4 Å². The summed E-state index contributed by atoms with van der Waals surface area (Å²) in [5, 5.41) is 2.73. The van der Waals surface area contributed by atoms with Crippen LogP contribution in [0.4, 0.5) is 24.5 Å². The van der Waals surface area contributed by atoms with E-state index in [1.807, 2.05) is 11.8 Å². The Balaban J connectivity index is 1.31. The van der Waals surface area contributed by atoms with Gasteiger partial charge in [0.2, 0.25) is 5.91 Å². The molecule has 32 heavy (non-hydrogen) atoms. The van der Waals surface area contributed by atoms with E-state index in [2.05, 4.69) is 24.9 Å². The summed E-state index contributed by atoms with van der Waals surface area (Å²) < 4.78 is 45.8. The molecule has 0 radical (unpaired) electrons. The zero-order valence-electron chi connectivity index (χ0n) is 17.0. The highest BCUT2D eigenvalue weighted by Gasteiger charge is 2.31. The number of fused-ring (bicyclic) bond motifs is 1. The van der Waals surface area contributed by atoms with E-state index in [9.17, 15) is 22.8 Å². The molecule has 2 aromatic heterocycles. The van der Waals surface area contributed by atoms with Crippen molar-refractivity contribution in [3.63, 3.8) is 0 Å². The van der Waals surface area contributed by atoms with Crippen LogP contribution in [0.25, 0.3) is 11.2 Å². The number of rotatable bonds is 5. The number of aromatic nitrogens is 2. The highest BCUT2D eigenvalue weighted by molar-refractivity contribution is 5.93. The topological polar surface area (TPSA) is 104 Å². The van der Waals surface area contributed by atoms with Crippen LogP contribution in [0.5, 0.6) is 5.75 Å². The molecule has 0 bridgehead atoms. The lowest BCUT2D eigenvalue weighted by Crippen LogP contribution is -2.53. The van der Waals surface area contributed by atoms with Crippen LogP contribution >= 0.6 is 0 Å². The fourth-order valence-corrected chi connectivity index (χ4v) is 3.71. The van der Waals surface area contributed by atoms with Crippen LogP contribution in [0.3, 0.4) is 0 Å². The molecule has 0 unspecified atom stereocenters. The summed E-state index contributed by atoms with van der Waals surface area (Å²) in [6.45, 7) is 3.94. The van der Waals surface area contributed by atoms with Gasteiger partial charge in [-0.05, 0) is 31.2 Å². The summed E-state index contributed by atoms with van der Waals surface area (Å²) in [6, 6.07) is 7.30. The van der Waals surface area contributed by atoms with Gasteiger partial charge in [-0.15, -0.1) is 13.2 Å². The summed E-state index contributed by atoms with van der Waals surface area (Å²) in [4.78, 5) is 34.1. The van der Waals surface area contributed by atoms with Gasteiger partial charge in [0.15, 0.2) is 11.2 Å². The Labute approximate surface area is 179 Å². The first-order valence-electron chi connectivity index (χ1n) is 9.80. The molecule has 3 aromatic rings. The summed E-state index contributed by atoms with van der Waals surface area (Å²) in [7, 11) is 0. The molecule has 1 aromatic carbocycles. The van der Waals surface area contributed by atoms with E-state index in [0.29, 0.717) is 31.0 Å². The van der Waals surface area contributed by atoms with Crippen molar-refractivity contribution in [1.82, 2.24) is 14.9 Å². The number of amides is 1. The summed E-state index contributed by atoms with van der Waals surface area (Å²) in [5.41, 5.74) is 1.75. The molecule has 1 atom stereocenters. The number of hydrogen-bond donors (Lipinski definition) is 2. The van der Waals surface area contributed by atoms with Gasteiger partial charge >= 0.3 is 12.1 Å². The second-order valence-electron chi connectivity index (χ2n) is 7.45. The number of hydrogen-bond acceptors (Lipinski definition) is 7. The molecule has 12 heteroatoms. The number of pyridine rings is 1. The van der Waals surface area contributed by atoms with Gasteiger partial charge in [-0.3, -0.25) is 14.7 Å². The number of carbonyl (C=O) groups excluding carboxylic acids is 1. The Morgan fingerprint density at radius 2 is 2.06 bits per heavy atom. The lowest BCUT2D eigenvalue weighted by Gasteiger charge is -2.41. The number of ether oxygens (including phenoxy) is 1. The van der Waals surface area contributed by atoms with Gasteiger partial charge in [-0.1, -0.05) is 0 Å². The van der Waals surface area contributed by atoms with Gasteiger partial charge in [-0.2, -0.15) is 0 Å². The maximum absolute atomic E-state index is 12.4. The van der Waals surface area contributed by atoms with Crippen molar-refractivity contribution in [1.29, 1.82) is 0 Å². The van der Waals surface area contributed by atoms with E-state index in [4.69, 9.17) is 4.42 Å². The molecule has 2 N–H and O–H groups in total. The number of nitrogens with zero attached hydrogens (tertiary/aromatic N) is 3. The Morgan fingerprint density at radius 1 is 1.31 bits per heavy atom. The Bertz CT molecular complexity index is 1160. The number of halogens is 3. The third-order valence-corrected chi connectivity index (χ3v) is 5.04. The molecule has 1 saturated heterocycles. The van der Waals surface area contributed by atoms with E-state index >= 15 is 0 Å². The van der Waals surface area contributed by atoms with Gasteiger partial charge in [0.1, 0.15) is 5.75 Å². The largest absolute Gasteiger partial charge is 0.573 e. The Morgan fingerprint density at radius 3 is 2.75 bits per heavy atom. The normalized spacial score (nSPS) is 17.5. The summed E-state index contributed by atoms with van der Waals surface area (Å²) >= 11 is 0. The molecular formula is C20H20F3N5O4. The van der Waals surface area contributed by atoms with E-state index in [-0.39, 0.29) is 29.8 Å². The number of piperazine rings is 1. The van der Waals surface area contributed by atoms with Gasteiger partial charge in [0, 0.05) is 37.4 Å². The second-order valence-corrected chi connectivity index (χ2v) is 7.45. The van der Waals surface area contributed by atoms with Gasteiger partial charge in [0.05, 0.1) is 18.4 Å². The summed E-state index contributed by atoms with van der Waals surface area (Å²) in [5.74, 6) is -1.13. The molecular weight excluding hydrogens is 431 g/mol. The molecule has 0 saturated carbocycles. The van der Waals surface area contributed by atoms with Gasteiger partial charge in [-0.25, -0.2) is 9.78 Å². The number of oxazole rings is 1. The van der Waals surface area contributed by atoms with Crippen LogP contribution in [-0.4, -0.2) is 59.4 Å². The molecule has 4 rings (SSSR count). The molecule has 1 aliphatic rings. The third kappa shape index (κ3) is 5.19. The number of alkyl halides is 3. The number of anilines is 2. The van der Waals surface area contributed by atoms with E-state index < -0.39 is 12.1 Å². The van der Waals surface area contributed by atoms with Crippen molar-refractivity contribution in [3.05, 3.63) is 47.1 Å². The lowest BCUT2D eigenvalue weighted by molar-refractivity contribution is -0.274. The van der Waals surface area contributed by atoms with Crippen molar-refractivity contribution in [2.45, 2.75) is 19.3 Å². The van der Waals surface area contributed by atoms with Crippen molar-refractivity contribution in [2.75, 3.05) is 36.4 Å². The highest BCUT2D eigenvalue weighted by Crippen LogP contribution is 2.27. The monoisotopic (exact) mass is 451 g/mol. The third-order valence-electron chi connectivity index (χ3n) is 5.04. The Kier molecular flexibility index (Phi) is 5.78. The average molecular weight is 451 g/mol. The fourth-order valence-electron chi connectivity index (χ4n) is 3.71. The SMILES string of the molecule is C[C@@H]1CN(CC(=O)Nc2cnc3[nH]c(=O)oc3c2)CCN1c1ccc(OC(F)(F)F)cc1. The van der Waals surface area contributed by atoms with Crippen LogP contribution in [0.2, 0.25) is 0 Å². The van der Waals surface area contributed by atoms with Gasteiger partial charge < -0.3 is 19.4 Å². The number of aromatic amines is 1. The quantitative estimate of drug-likeness (QED) is 0.615. The molecule has 170 valence electrons. The standard InChI is InChI=1S/C20H20F3N5O4/c1-12-10-27(6-7-28(12)14-2-4-15(5-3-14)32-20(21,22)23)11-17(29)25-13-8-16-18(24-9-13)26-19(30)31-16/h2-5,8-9,12H,6-7,10-11H2,1H3,(H,25,29)(H,24,26,30)/t12-/m1/s1. The van der Waals surface area contributed by atoms with Crippen LogP contribution in [0.1, 0.15) is 6.92 Å². The number of nitrogens with one attached hydrogen (secondary N) is 2. The fraction of sp³-hybridized carbons (Fsp3) is 0.350. The highest BCUT2D eigenvalue weighted by atomic mass is 19.4. The van der Waals surface area contributed by atoms with Crippen molar-refractivity contribution in [2.24, 2.45) is 0 Å². The van der Waals surface area contributed by atoms with Crippen molar-refractivity contribution in [3.8, 4) is 5.75 Å². The van der Waals surface area contributed by atoms with Crippen LogP contribution in [0, 0.1) is 0 Å². The predicted octanol–water partition coefficient (Wildman–Crippen LogP) is 2.56. The van der Waals surface area contributed by atoms with E-state index in [0.717, 1.165) is 5.69 Å². The average Bonchev–Trinajstić information content (AvgIpc) is 3.07. The molecule has 9 nitrogen and oxygen atoms in total. The molecule has 1 aliphatic heterocycles. The molecule has 1 amide bonds. The number of carbonyl (C=O) groups is 1. The van der Waals surface area contributed by atoms with Gasteiger partial charge in [0.25, 0.3) is 0 Å². The molecule has 0 aliphatic carbocycles. The zero-order chi connectivity index (χ0) is 22.9. The minimum Gasteiger partial charge on any atom is -0.406 e. The maximum Gasteiger partial charge on any atom is 0.573 e. The maximum atomic E-state index is 12.4. The number of H-pyrrole nitrogens is 1. The predicted molar refractivity (Wildman–Crippen MR) is 110 cm³/mol. The van der Waals surface area contributed by atoms with Crippen LogP contribution in [0.15, 0.2) is 45.7 Å². The first-order valence-corrected chi connectivity index (χ1v) is 9.80. The first-order chi connectivity index (χ1) is 15.2. The minimum atomic E-state index is -4.72. The number of benzene rings is 1. The van der Waals surface area contributed by atoms with E-state index in [1.54, 1.807) is 12.1 Å². The molecule has 1 fully saturated rings. The van der Waals surface area contributed by atoms with Crippen LogP contribution in [-0.2, 0) is 4.79 Å². The zero-order valence-corrected chi connectivity index (χ0v) is 17.0. The second kappa shape index (κ2) is 8.54.